The Labute approximate surface area is 771 Å². The van der Waals surface area contributed by atoms with Crippen molar-refractivity contribution >= 4 is 135 Å². The number of nitrogen functional groups attached to an aromatic ring is 1. The van der Waals surface area contributed by atoms with E-state index in [4.69, 9.17) is 15.2 Å². The van der Waals surface area contributed by atoms with Gasteiger partial charge in [-0.05, 0) is 62.8 Å². The van der Waals surface area contributed by atoms with Crippen LogP contribution in [0.5, 0.6) is 0 Å². The van der Waals surface area contributed by atoms with Crippen molar-refractivity contribution in [2.24, 2.45) is 17.8 Å². The van der Waals surface area contributed by atoms with Gasteiger partial charge < -0.3 is 160 Å². The number of aliphatic hydroxyl groups is 15. The number of fused-ring (bicyclic) bond motifs is 1. The number of rotatable bonds is 69. The third-order valence-electron chi connectivity index (χ3n) is 21.1. The van der Waals surface area contributed by atoms with Crippen molar-refractivity contribution in [1.29, 1.82) is 0 Å². The second kappa shape index (κ2) is 59.4. The van der Waals surface area contributed by atoms with Crippen molar-refractivity contribution in [3.63, 3.8) is 0 Å². The molecule has 1 unspecified atom stereocenters. The minimum atomic E-state index is -2.26. The van der Waals surface area contributed by atoms with Crippen LogP contribution in [0, 0.1) is 17.8 Å². The minimum absolute atomic E-state index is 0.00339. The summed E-state index contributed by atoms with van der Waals surface area (Å²) in [5.74, 6) is -27.7. The Hall–Kier alpha value is -11.5. The molecule has 0 saturated carbocycles. The Morgan fingerprint density at radius 3 is 1.37 bits per heavy atom. The number of anilines is 2. The number of methoxy groups -OCH3 is 1. The van der Waals surface area contributed by atoms with Crippen LogP contribution in [0.3, 0.4) is 0 Å². The highest BCUT2D eigenvalue weighted by Crippen LogP contribution is 2.28. The van der Waals surface area contributed by atoms with E-state index in [9.17, 15) is 183 Å². The van der Waals surface area contributed by atoms with Crippen LogP contribution >= 0.6 is 11.8 Å². The molecule has 1 fully saturated rings. The van der Waals surface area contributed by atoms with E-state index in [1.165, 1.54) is 37.6 Å². The SMILES string of the molecule is COCCOCCNC(=O)CCN1C(=O)CC(SC[C@@H](NC(=O)[C@H](CCC(=O)NC[C@H](O)[C@@H](O)[C@H](O)[C@H](O)CO)CC(=O)[C@@H](CCC(=O)O)NC(=O)[C@H](CCC(=O)NC[C@H](O)[C@@H](O)[C@H](O)[C@H](O)CO)CC(=O)[C@@H](CCC(=O)O)NC(=O)[C@H](CCC(=O)NC[C@H](O)[C@@H](O)[C@H](O)[C@H](O)CO)CC(=O)CC[C@H](NC(=O)c2ccc(NCc3cnc4nc(N)[nH]c(=O)c4n3)cc2)C(=O)O)C(=O)O)C1=O. The van der Waals surface area contributed by atoms with E-state index in [-0.39, 0.29) is 67.7 Å². The number of amides is 10. The molecule has 0 aliphatic carbocycles. The molecule has 10 amide bonds. The summed E-state index contributed by atoms with van der Waals surface area (Å²) in [6.45, 7) is -5.80. The van der Waals surface area contributed by atoms with Gasteiger partial charge in [0, 0.05) is 145 Å². The number of imide groups is 1. The second-order valence-corrected chi connectivity index (χ2v) is 32.7. The normalized spacial score (nSPS) is 16.9. The number of thioether (sulfide) groups is 1. The maximum atomic E-state index is 15.0. The summed E-state index contributed by atoms with van der Waals surface area (Å²) in [5, 5.41) is 211. The zero-order valence-corrected chi connectivity index (χ0v) is 73.9. The topological polar surface area (TPSA) is 902 Å². The van der Waals surface area contributed by atoms with Crippen LogP contribution in [0.1, 0.15) is 125 Å². The lowest BCUT2D eigenvalue weighted by Gasteiger charge is -2.26. The minimum Gasteiger partial charge on any atom is -0.481 e. The highest BCUT2D eigenvalue weighted by atomic mass is 32.2. The van der Waals surface area contributed by atoms with E-state index in [0.717, 1.165) is 4.90 Å². The molecule has 1 aliphatic rings. The number of aliphatic hydroxyl groups excluding tert-OH is 15. The summed E-state index contributed by atoms with van der Waals surface area (Å²) in [7, 11) is 1.45. The van der Waals surface area contributed by atoms with E-state index in [1.54, 1.807) is 0 Å². The summed E-state index contributed by atoms with van der Waals surface area (Å²) < 4.78 is 10.2. The second-order valence-electron chi connectivity index (χ2n) is 31.4. The lowest BCUT2D eigenvalue weighted by Crippen LogP contribution is -2.50. The number of carbonyl (C=O) groups is 17. The number of nitrogens with two attached hydrogens (primary N) is 1. The van der Waals surface area contributed by atoms with Crippen molar-refractivity contribution in [1.82, 2.24) is 67.4 Å². The molecule has 1 aromatic carbocycles. The fourth-order valence-corrected chi connectivity index (χ4v) is 14.2. The molecule has 0 bridgehead atoms. The van der Waals surface area contributed by atoms with Crippen LogP contribution in [-0.2, 0) is 92.7 Å². The van der Waals surface area contributed by atoms with Gasteiger partial charge in [0.25, 0.3) is 11.5 Å². The average molecular weight is 1950 g/mol. The first-order valence-corrected chi connectivity index (χ1v) is 43.4. The number of nitrogens with one attached hydrogen (secondary N) is 10. The predicted molar refractivity (Wildman–Crippen MR) is 459 cm³/mol. The molecule has 1 saturated heterocycles. The maximum Gasteiger partial charge on any atom is 0.327 e. The number of Topliss-reactive ketones (excluding diaryl/α,β-unsaturated/α-hetero) is 3. The van der Waals surface area contributed by atoms with Crippen LogP contribution < -0.4 is 59.1 Å². The average Bonchev–Trinajstić information content (AvgIpc) is 1.75. The first-order chi connectivity index (χ1) is 63.7. The van der Waals surface area contributed by atoms with E-state index in [2.05, 4.69) is 67.8 Å². The Balaban J connectivity index is 1.72. The van der Waals surface area contributed by atoms with E-state index in [1.807, 2.05) is 0 Å². The molecule has 31 N–H and O–H groups in total. The molecule has 135 heavy (non-hydrogen) atoms. The van der Waals surface area contributed by atoms with Gasteiger partial charge in [-0.15, -0.1) is 11.8 Å². The number of H-pyrrole nitrogens is 1. The fraction of sp³-hybridized carbons (Fsp3) is 0.637. The van der Waals surface area contributed by atoms with Gasteiger partial charge in [0.1, 0.15) is 72.8 Å². The number of aromatic nitrogens is 4. The van der Waals surface area contributed by atoms with Gasteiger partial charge in [-0.3, -0.25) is 86.6 Å². The molecule has 1 aliphatic heterocycles. The maximum absolute atomic E-state index is 15.0. The fourth-order valence-electron chi connectivity index (χ4n) is 13.1. The molecule has 20 atom stereocenters. The van der Waals surface area contributed by atoms with Gasteiger partial charge in [-0.25, -0.2) is 19.6 Å². The number of benzene rings is 1. The number of ketones is 3. The molecule has 3 aromatic rings. The molecule has 0 spiro atoms. The Bertz CT molecular complexity index is 4540. The highest BCUT2D eigenvalue weighted by Gasteiger charge is 2.42. The van der Waals surface area contributed by atoms with Crippen molar-refractivity contribution in [2.75, 3.05) is 96.3 Å². The van der Waals surface area contributed by atoms with Gasteiger partial charge in [-0.2, -0.15) is 4.98 Å². The predicted octanol–water partition coefficient (Wildman–Crippen LogP) is -12.1. The Kier molecular flexibility index (Phi) is 50.9. The van der Waals surface area contributed by atoms with Gasteiger partial charge in [0.15, 0.2) is 22.7 Å². The summed E-state index contributed by atoms with van der Waals surface area (Å²) in [6, 6.07) is -2.69. The van der Waals surface area contributed by atoms with Crippen LogP contribution in [-0.4, -0.2) is 410 Å². The van der Waals surface area contributed by atoms with Gasteiger partial charge >= 0.3 is 23.9 Å². The first kappa shape index (κ1) is 116. The smallest absolute Gasteiger partial charge is 0.327 e. The lowest BCUT2D eigenvalue weighted by molar-refractivity contribution is -0.142. The van der Waals surface area contributed by atoms with Crippen molar-refractivity contribution < 1.29 is 188 Å². The van der Waals surface area contributed by atoms with Crippen molar-refractivity contribution in [3.8, 4) is 0 Å². The van der Waals surface area contributed by atoms with Crippen LogP contribution in [0.25, 0.3) is 11.2 Å². The number of aliphatic carboxylic acids is 4. The number of likely N-dealkylation sites (tertiary alicyclic amines) is 1. The largest absolute Gasteiger partial charge is 0.481 e. The van der Waals surface area contributed by atoms with Gasteiger partial charge in [0.2, 0.25) is 59.1 Å². The van der Waals surface area contributed by atoms with E-state index < -0.39 is 381 Å². The standard InChI is InChI=1S/C80H119N15O39S/c1-133-22-23-134-21-19-82-60(111)18-20-95-61(112)27-56(77(95)128)135-36-47(79(131)132)92-75(126)40(6-15-59(110)86-32-52(104)67(119)70(122)55(107)35-98)26-49(101)45(12-17-63(115)116)90-74(125)39(5-14-58(109)85-31-51(103)66(118)69(121)54(106)34-97)25-48(100)44(11-16-62(113)114)89-73(124)38(4-13-57(108)84-30-50(102)65(117)68(120)53(105)33-96)24-43(99)9-10-46(78(129)130)91-72(123)37-2-7-41(8-3-37)83-28-42-29-87-71-64(88-42)76(127)94-80(81)93-71/h2-3,7-8,29,38-40,44-47,50-56,65-70,83,96-98,102-107,117-122H,4-6,9-28,30-36H2,1H3,(H,82,111)(H,84,108)(H,85,109)(H,86,110)(H,89,124)(H,90,125)(H,91,123)(H,92,126)(H,113,114)(H,115,116)(H,129,130)(H,131,132)(H3,81,87,93,94,127)/t38-,39-,40-,44-,45-,46+,47-,50+,51+,52+,53-,54-,55-,56?,65-,66-,67-,68-,69-,70-/m1/s1. The monoisotopic (exact) mass is 1950 g/mol. The molecule has 0 radical (unpaired) electrons. The Morgan fingerprint density at radius 1 is 0.504 bits per heavy atom. The number of aromatic amines is 1. The van der Waals surface area contributed by atoms with Crippen LogP contribution in [0.4, 0.5) is 11.6 Å². The molecule has 55 heteroatoms. The highest BCUT2D eigenvalue weighted by molar-refractivity contribution is 8.00. The zero-order valence-electron chi connectivity index (χ0n) is 73.1. The number of hydrogen-bond acceptors (Lipinski definition) is 41. The van der Waals surface area contributed by atoms with Crippen LogP contribution in [0.15, 0.2) is 35.3 Å². The van der Waals surface area contributed by atoms with E-state index >= 15 is 0 Å². The molecule has 754 valence electrons. The number of carboxylic acid groups (broad SMARTS) is 4. The molecule has 4 rings (SSSR count). The summed E-state index contributed by atoms with van der Waals surface area (Å²) in [4.78, 5) is 259. The number of nitrogens with zero attached hydrogens (tertiary/aromatic N) is 4. The van der Waals surface area contributed by atoms with Gasteiger partial charge in [-0.1, -0.05) is 0 Å². The third kappa shape index (κ3) is 40.5. The quantitative estimate of drug-likeness (QED) is 0.0184. The summed E-state index contributed by atoms with van der Waals surface area (Å²) in [6.07, 6.45) is -38.8. The Morgan fingerprint density at radius 2 is 0.933 bits per heavy atom. The number of carbonyl (C=O) groups excluding carboxylic acids is 13. The van der Waals surface area contributed by atoms with E-state index in [0.29, 0.717) is 17.4 Å². The zero-order chi connectivity index (χ0) is 101. The molecular weight excluding hydrogens is 1830 g/mol. The van der Waals surface area contributed by atoms with Gasteiger partial charge in [0.05, 0.1) is 93.7 Å². The number of hydrogen-bond donors (Lipinski definition) is 30. The first-order valence-electron chi connectivity index (χ1n) is 42.4. The molecular formula is C80H119N15O39S. The molecule has 3 heterocycles. The summed E-state index contributed by atoms with van der Waals surface area (Å²) in [5.41, 5.74) is 5.36. The third-order valence-corrected chi connectivity index (χ3v) is 22.4. The van der Waals surface area contributed by atoms with Crippen LogP contribution in [0.2, 0.25) is 0 Å². The van der Waals surface area contributed by atoms with Crippen molar-refractivity contribution in [3.05, 3.63) is 52.1 Å². The van der Waals surface area contributed by atoms with Crippen molar-refractivity contribution in [2.45, 2.75) is 218 Å². The number of ether oxygens (including phenoxy) is 2. The molecule has 2 aromatic heterocycles. The summed E-state index contributed by atoms with van der Waals surface area (Å²) >= 11 is 0.570. The molecule has 54 nitrogen and oxygen atoms in total. The lowest BCUT2D eigenvalue weighted by atomic mass is 9.89. The number of carboxylic acids is 4.